The number of fused-ring (bicyclic) bond motifs is 2. The molecule has 3 heterocycles. The minimum Gasteiger partial charge on any atom is -0.483 e. The van der Waals surface area contributed by atoms with Crippen molar-refractivity contribution < 1.29 is 29.1 Å². The van der Waals surface area contributed by atoms with E-state index in [0.29, 0.717) is 42.9 Å². The molecule has 2 aromatic heterocycles. The van der Waals surface area contributed by atoms with Gasteiger partial charge in [0.25, 0.3) is 18.3 Å². The Balaban J connectivity index is 0.00000185. The molecule has 246 valence electrons. The molecule has 1 aliphatic heterocycles. The topological polar surface area (TPSA) is 189 Å². The average molecular weight is 653 g/mol. The Morgan fingerprint density at radius 2 is 1.80 bits per heavy atom. The maximum absolute atomic E-state index is 13.6. The predicted molar refractivity (Wildman–Crippen MR) is 172 cm³/mol. The van der Waals surface area contributed by atoms with Crippen molar-refractivity contribution in [1.29, 1.82) is 0 Å². The number of hydrogen-bond acceptors (Lipinski definition) is 8. The first-order valence-corrected chi connectivity index (χ1v) is 15.8. The van der Waals surface area contributed by atoms with Gasteiger partial charge >= 0.3 is 0 Å². The number of aryl methyl sites for hydroxylation is 1. The monoisotopic (exact) mass is 652 g/mol. The van der Waals surface area contributed by atoms with Crippen LogP contribution in [-0.4, -0.2) is 63.4 Å². The molecule has 1 aromatic carbocycles. The van der Waals surface area contributed by atoms with Crippen LogP contribution in [0, 0.1) is 12.8 Å². The number of aromatic nitrogens is 2. The van der Waals surface area contributed by atoms with Gasteiger partial charge in [-0.15, -0.1) is 11.3 Å². The van der Waals surface area contributed by atoms with E-state index in [0.717, 1.165) is 5.56 Å². The fourth-order valence-corrected chi connectivity index (χ4v) is 5.91. The summed E-state index contributed by atoms with van der Waals surface area (Å²) in [5.74, 6) is -1.80. The van der Waals surface area contributed by atoms with Gasteiger partial charge in [0.15, 0.2) is 5.43 Å². The number of nitrogens with zero attached hydrogens (tertiary/aromatic N) is 2. The van der Waals surface area contributed by atoms with Crippen LogP contribution in [0.5, 0.6) is 0 Å². The molecule has 5 N–H and O–H groups in total. The summed E-state index contributed by atoms with van der Waals surface area (Å²) in [4.78, 5) is 78.2. The highest BCUT2D eigenvalue weighted by molar-refractivity contribution is 7.09. The number of amides is 4. The van der Waals surface area contributed by atoms with Gasteiger partial charge in [-0.25, -0.2) is 4.98 Å². The highest BCUT2D eigenvalue weighted by Crippen LogP contribution is 2.26. The van der Waals surface area contributed by atoms with E-state index in [4.69, 9.17) is 9.90 Å². The van der Waals surface area contributed by atoms with Crippen LogP contribution in [0.2, 0.25) is 0 Å². The van der Waals surface area contributed by atoms with Gasteiger partial charge in [0.05, 0.1) is 6.04 Å². The summed E-state index contributed by atoms with van der Waals surface area (Å²) < 4.78 is 1.60. The Morgan fingerprint density at radius 3 is 2.48 bits per heavy atom. The summed E-state index contributed by atoms with van der Waals surface area (Å²) in [5, 5.41) is 20.6. The standard InChI is InChI=1S/C31H38N6O5S.CH2O2/c1-18(2)26-31-35-24(17-43-31)29(41)34-23(15-20-10-6-5-7-11-20)27(39)32-13-9-8-12-22(28(40)36-26)33-30(42)25-16-21(38)14-19(3)37(25)4;2-1-3/h5-7,10-11,14,16-18,22-23,26H,8-9,12-13,15H2,1-4H3,(H,32,39)(H,33,42)(H,34,41)(H,36,40);1H,(H,2,3)/t22-,23+,26+;/m0./s1. The largest absolute Gasteiger partial charge is 0.483 e. The van der Waals surface area contributed by atoms with Crippen molar-refractivity contribution in [3.05, 3.63) is 85.7 Å². The zero-order valence-corrected chi connectivity index (χ0v) is 27.1. The summed E-state index contributed by atoms with van der Waals surface area (Å²) in [6, 6.07) is 9.91. The van der Waals surface area contributed by atoms with Crippen molar-refractivity contribution in [2.24, 2.45) is 13.0 Å². The van der Waals surface area contributed by atoms with Gasteiger partial charge in [-0.2, -0.15) is 0 Å². The molecule has 0 radical (unpaired) electrons. The SMILES string of the molecule is Cc1cc(=O)cc(C(=O)N[C@H]2CCCCNC(=O)[C@@H](Cc3ccccc3)NC(=O)c3csc(n3)[C@@H](C(C)C)NC2=O)n1C.O=CO. The lowest BCUT2D eigenvalue weighted by Crippen LogP contribution is -2.49. The van der Waals surface area contributed by atoms with Gasteiger partial charge in [0, 0.05) is 43.2 Å². The number of rotatable bonds is 5. The Kier molecular flexibility index (Phi) is 13.2. The van der Waals surface area contributed by atoms with Gasteiger partial charge in [-0.05, 0) is 37.7 Å². The second kappa shape index (κ2) is 17.0. The van der Waals surface area contributed by atoms with Gasteiger partial charge in [-0.1, -0.05) is 44.2 Å². The second-order valence-electron chi connectivity index (χ2n) is 11.2. The predicted octanol–water partition coefficient (Wildman–Crippen LogP) is 2.10. The molecule has 0 saturated carbocycles. The molecule has 2 bridgehead atoms. The first-order chi connectivity index (χ1) is 21.9. The van der Waals surface area contributed by atoms with E-state index >= 15 is 0 Å². The normalized spacial score (nSPS) is 19.2. The average Bonchev–Trinajstić information content (AvgIpc) is 3.50. The molecule has 14 heteroatoms. The fraction of sp³-hybridized carbons (Fsp3) is 0.406. The van der Waals surface area contributed by atoms with E-state index in [1.165, 1.54) is 23.5 Å². The highest BCUT2D eigenvalue weighted by atomic mass is 32.1. The van der Waals surface area contributed by atoms with Crippen LogP contribution in [0.15, 0.2) is 52.6 Å². The smallest absolute Gasteiger partial charge is 0.290 e. The first kappa shape index (κ1) is 35.6. The lowest BCUT2D eigenvalue weighted by molar-refractivity contribution is -0.124. The molecule has 3 aromatic rings. The molecule has 1 aliphatic rings. The molecule has 0 saturated heterocycles. The van der Waals surface area contributed by atoms with Crippen LogP contribution in [0.4, 0.5) is 0 Å². The van der Waals surface area contributed by atoms with Crippen molar-refractivity contribution in [3.8, 4) is 0 Å². The summed E-state index contributed by atoms with van der Waals surface area (Å²) in [7, 11) is 1.68. The minimum absolute atomic E-state index is 0.0737. The van der Waals surface area contributed by atoms with Gasteiger partial charge in [-0.3, -0.25) is 28.8 Å². The maximum Gasteiger partial charge on any atom is 0.290 e. The fourth-order valence-electron chi connectivity index (χ4n) is 4.89. The van der Waals surface area contributed by atoms with Crippen molar-refractivity contribution in [2.45, 2.75) is 64.6 Å². The third-order valence-electron chi connectivity index (χ3n) is 7.48. The highest BCUT2D eigenvalue weighted by Gasteiger charge is 2.30. The number of nitrogens with one attached hydrogen (secondary N) is 4. The molecule has 4 rings (SSSR count). The van der Waals surface area contributed by atoms with Gasteiger partial charge in [0.2, 0.25) is 11.8 Å². The Morgan fingerprint density at radius 1 is 1.11 bits per heavy atom. The second-order valence-corrected chi connectivity index (χ2v) is 12.1. The summed E-state index contributed by atoms with van der Waals surface area (Å²) in [5.41, 5.74) is 1.53. The van der Waals surface area contributed by atoms with E-state index in [1.807, 2.05) is 44.2 Å². The van der Waals surface area contributed by atoms with Crippen molar-refractivity contribution in [2.75, 3.05) is 6.54 Å². The minimum atomic E-state index is -0.901. The number of benzene rings is 1. The number of carbonyl (C=O) groups is 5. The zero-order valence-electron chi connectivity index (χ0n) is 26.2. The van der Waals surface area contributed by atoms with Crippen molar-refractivity contribution in [1.82, 2.24) is 30.8 Å². The number of hydrogen-bond donors (Lipinski definition) is 5. The number of thiazole rings is 1. The molecule has 0 spiro atoms. The quantitative estimate of drug-likeness (QED) is 0.259. The molecule has 4 amide bonds. The molecule has 0 aliphatic carbocycles. The van der Waals surface area contributed by atoms with E-state index in [1.54, 1.807) is 23.9 Å². The zero-order chi connectivity index (χ0) is 33.8. The van der Waals surface area contributed by atoms with Crippen molar-refractivity contribution in [3.63, 3.8) is 0 Å². The van der Waals surface area contributed by atoms with Crippen LogP contribution >= 0.6 is 11.3 Å². The maximum atomic E-state index is 13.6. The molecule has 0 unspecified atom stereocenters. The molecular weight excluding hydrogens is 612 g/mol. The lowest BCUT2D eigenvalue weighted by atomic mass is 10.0. The Bertz CT molecular complexity index is 1590. The lowest BCUT2D eigenvalue weighted by Gasteiger charge is -2.25. The number of pyridine rings is 1. The molecule has 0 fully saturated rings. The molecular formula is C32H40N6O7S. The molecule has 46 heavy (non-hydrogen) atoms. The van der Waals surface area contributed by atoms with Crippen LogP contribution in [0.25, 0.3) is 0 Å². The first-order valence-electron chi connectivity index (χ1n) is 14.9. The summed E-state index contributed by atoms with van der Waals surface area (Å²) in [6.45, 7) is 5.66. The van der Waals surface area contributed by atoms with Crippen LogP contribution < -0.4 is 26.7 Å². The van der Waals surface area contributed by atoms with Gasteiger partial charge in [0.1, 0.15) is 28.5 Å². The van der Waals surface area contributed by atoms with Crippen molar-refractivity contribution >= 4 is 41.4 Å². The van der Waals surface area contributed by atoms with Crippen LogP contribution in [0.1, 0.15) is 76.4 Å². The van der Waals surface area contributed by atoms with E-state index in [2.05, 4.69) is 26.3 Å². The van der Waals surface area contributed by atoms with E-state index in [9.17, 15) is 24.0 Å². The summed E-state index contributed by atoms with van der Waals surface area (Å²) in [6.07, 6.45) is 1.69. The third-order valence-corrected chi connectivity index (χ3v) is 8.41. The van der Waals surface area contributed by atoms with Crippen LogP contribution in [-0.2, 0) is 27.9 Å². The molecule has 3 atom stereocenters. The van der Waals surface area contributed by atoms with Crippen LogP contribution in [0.3, 0.4) is 0 Å². The third kappa shape index (κ3) is 9.83. The Hall–Kier alpha value is -4.85. The summed E-state index contributed by atoms with van der Waals surface area (Å²) >= 11 is 1.24. The number of carboxylic acid groups (broad SMARTS) is 1. The Labute approximate surface area is 270 Å². The number of carbonyl (C=O) groups excluding carboxylic acids is 4. The van der Waals surface area contributed by atoms with E-state index in [-0.39, 0.29) is 35.1 Å². The van der Waals surface area contributed by atoms with E-state index < -0.39 is 35.8 Å². The molecule has 13 nitrogen and oxygen atoms in total. The van der Waals surface area contributed by atoms with Gasteiger partial charge < -0.3 is 30.9 Å².